The highest BCUT2D eigenvalue weighted by Crippen LogP contribution is 2.52. The summed E-state index contributed by atoms with van der Waals surface area (Å²) in [6, 6.07) is 15.3. The third kappa shape index (κ3) is 4.83. The molecule has 0 aliphatic rings. The summed E-state index contributed by atoms with van der Waals surface area (Å²) in [5.41, 5.74) is 2.48. The van der Waals surface area contributed by atoms with E-state index in [9.17, 15) is 23.9 Å². The molecule has 0 bridgehead atoms. The van der Waals surface area contributed by atoms with Gasteiger partial charge in [-0.05, 0) is 37.0 Å². The third-order valence-corrected chi connectivity index (χ3v) is 6.11. The van der Waals surface area contributed by atoms with Crippen molar-refractivity contribution in [1.82, 2.24) is 5.32 Å². The molecule has 0 radical (unpaired) electrons. The van der Waals surface area contributed by atoms with Crippen molar-refractivity contribution < 1.29 is 29.0 Å². The van der Waals surface area contributed by atoms with E-state index in [2.05, 4.69) is 5.32 Å². The second-order valence-electron chi connectivity index (χ2n) is 6.59. The van der Waals surface area contributed by atoms with Crippen LogP contribution in [0.3, 0.4) is 0 Å². The number of aliphatic carboxylic acids is 1. The van der Waals surface area contributed by atoms with Crippen LogP contribution < -0.4 is 5.32 Å². The Hall–Kier alpha value is -2.47. The second kappa shape index (κ2) is 8.05. The van der Waals surface area contributed by atoms with Crippen molar-refractivity contribution in [3.05, 3.63) is 60.2 Å². The largest absolute Gasteiger partial charge is 0.480 e. The summed E-state index contributed by atoms with van der Waals surface area (Å²) in [7, 11) is -4.87. The van der Waals surface area contributed by atoms with E-state index in [1.807, 2.05) is 42.5 Å². The van der Waals surface area contributed by atoms with Gasteiger partial charge in [0.05, 0.1) is 0 Å². The molecule has 0 aliphatic heterocycles. The number of nitrogens with one attached hydrogen (secondary N) is 1. The van der Waals surface area contributed by atoms with Crippen LogP contribution in [-0.4, -0.2) is 38.0 Å². The topological polar surface area (TPSA) is 124 Å². The van der Waals surface area contributed by atoms with E-state index in [0.717, 1.165) is 18.1 Å². The Morgan fingerprint density at radius 1 is 1.04 bits per heavy atom. The van der Waals surface area contributed by atoms with Crippen molar-refractivity contribution >= 4 is 19.5 Å². The Bertz CT molecular complexity index is 862. The molecule has 144 valence electrons. The molecule has 0 aromatic heterocycles. The molecule has 0 spiro atoms. The van der Waals surface area contributed by atoms with Crippen LogP contribution in [0.1, 0.15) is 19.4 Å². The van der Waals surface area contributed by atoms with Gasteiger partial charge in [0, 0.05) is 0 Å². The zero-order chi connectivity index (χ0) is 20.2. The van der Waals surface area contributed by atoms with E-state index in [1.165, 1.54) is 6.92 Å². The van der Waals surface area contributed by atoms with Gasteiger partial charge in [-0.3, -0.25) is 14.2 Å². The van der Waals surface area contributed by atoms with E-state index in [-0.39, 0.29) is 6.42 Å². The first-order valence-corrected chi connectivity index (χ1v) is 9.89. The molecule has 0 fully saturated rings. The number of amides is 1. The number of carbonyl (C=O) groups is 2. The summed E-state index contributed by atoms with van der Waals surface area (Å²) in [5, 5.41) is 8.99. The quantitative estimate of drug-likeness (QED) is 0.538. The highest BCUT2D eigenvalue weighted by molar-refractivity contribution is 7.54. The molecule has 2 aromatic rings. The minimum absolute atomic E-state index is 0.232. The molecule has 1 unspecified atom stereocenters. The van der Waals surface area contributed by atoms with Crippen molar-refractivity contribution in [3.63, 3.8) is 0 Å². The van der Waals surface area contributed by atoms with E-state index < -0.39 is 30.7 Å². The minimum Gasteiger partial charge on any atom is -0.480 e. The van der Waals surface area contributed by atoms with Gasteiger partial charge in [-0.25, -0.2) is 0 Å². The van der Waals surface area contributed by atoms with Crippen LogP contribution in [0.15, 0.2) is 54.6 Å². The summed E-state index contributed by atoms with van der Waals surface area (Å²) in [5.74, 6) is -2.29. The molecule has 0 aliphatic carbocycles. The summed E-state index contributed by atoms with van der Waals surface area (Å²) in [6.45, 7) is 2.37. The van der Waals surface area contributed by atoms with E-state index in [0.29, 0.717) is 5.56 Å². The van der Waals surface area contributed by atoms with Crippen LogP contribution in [0.25, 0.3) is 11.1 Å². The predicted octanol–water partition coefficient (Wildman–Crippen LogP) is 2.42. The lowest BCUT2D eigenvalue weighted by atomic mass is 9.96. The van der Waals surface area contributed by atoms with E-state index in [4.69, 9.17) is 5.11 Å². The van der Waals surface area contributed by atoms with Gasteiger partial charge in [0.2, 0.25) is 5.91 Å². The van der Waals surface area contributed by atoms with Gasteiger partial charge in [0.1, 0.15) is 6.04 Å². The van der Waals surface area contributed by atoms with E-state index >= 15 is 0 Å². The molecule has 2 atom stereocenters. The van der Waals surface area contributed by atoms with Crippen molar-refractivity contribution in [2.24, 2.45) is 0 Å². The maximum absolute atomic E-state index is 12.5. The summed E-state index contributed by atoms with van der Waals surface area (Å²) in [4.78, 5) is 42.9. The van der Waals surface area contributed by atoms with Crippen LogP contribution >= 0.6 is 7.60 Å². The first kappa shape index (κ1) is 20.8. The SMILES string of the molecule is CC(NC(=O)[C@](C)(Cc1ccc(-c2ccccc2)cc1)P(=O)(O)O)C(=O)O. The first-order valence-electron chi connectivity index (χ1n) is 8.28. The van der Waals surface area contributed by atoms with Gasteiger partial charge in [0.25, 0.3) is 0 Å². The number of carboxylic acid groups (broad SMARTS) is 1. The zero-order valence-corrected chi connectivity index (χ0v) is 15.9. The van der Waals surface area contributed by atoms with Crippen molar-refractivity contribution in [2.75, 3.05) is 0 Å². The monoisotopic (exact) mass is 391 g/mol. The van der Waals surface area contributed by atoms with Crippen LogP contribution in [-0.2, 0) is 20.6 Å². The van der Waals surface area contributed by atoms with Crippen molar-refractivity contribution in [2.45, 2.75) is 31.5 Å². The number of carboxylic acids is 1. The maximum atomic E-state index is 12.5. The minimum atomic E-state index is -4.87. The fourth-order valence-corrected chi connectivity index (χ4v) is 3.29. The summed E-state index contributed by atoms with van der Waals surface area (Å²) >= 11 is 0. The Labute approximate surface area is 157 Å². The first-order chi connectivity index (χ1) is 12.5. The van der Waals surface area contributed by atoms with Crippen LogP contribution in [0, 0.1) is 0 Å². The lowest BCUT2D eigenvalue weighted by molar-refractivity contribution is -0.141. The fraction of sp³-hybridized carbons (Fsp3) is 0.263. The van der Waals surface area contributed by atoms with Crippen molar-refractivity contribution in [1.29, 1.82) is 0 Å². The zero-order valence-electron chi connectivity index (χ0n) is 15.0. The molecule has 0 saturated heterocycles. The lowest BCUT2D eigenvalue weighted by Crippen LogP contribution is -2.50. The lowest BCUT2D eigenvalue weighted by Gasteiger charge is -2.30. The molecule has 0 saturated carbocycles. The Morgan fingerprint density at radius 2 is 1.56 bits per heavy atom. The Balaban J connectivity index is 2.27. The average Bonchev–Trinajstić information content (AvgIpc) is 2.61. The number of benzene rings is 2. The number of carbonyl (C=O) groups excluding carboxylic acids is 1. The summed E-state index contributed by atoms with van der Waals surface area (Å²) in [6.07, 6.45) is -0.232. The number of hydrogen-bond donors (Lipinski definition) is 4. The highest BCUT2D eigenvalue weighted by Gasteiger charge is 2.49. The van der Waals surface area contributed by atoms with Crippen LogP contribution in [0.5, 0.6) is 0 Å². The fourth-order valence-electron chi connectivity index (χ4n) is 2.57. The van der Waals surface area contributed by atoms with Gasteiger partial charge in [-0.2, -0.15) is 0 Å². The Morgan fingerprint density at radius 3 is 2.04 bits per heavy atom. The molecule has 7 nitrogen and oxygen atoms in total. The molecule has 1 amide bonds. The van der Waals surface area contributed by atoms with Gasteiger partial charge < -0.3 is 20.2 Å². The molecule has 2 rings (SSSR count). The molecule has 8 heteroatoms. The molecular formula is C19H22NO6P. The standard InChI is InChI=1S/C19H22NO6P/c1-13(17(21)22)20-18(23)19(2,27(24,25)26)12-14-8-10-16(11-9-14)15-6-4-3-5-7-15/h3-11,13H,12H2,1-2H3,(H,20,23)(H,21,22)(H2,24,25,26)/t13?,19-/m0/s1. The van der Waals surface area contributed by atoms with Gasteiger partial charge in [-0.1, -0.05) is 54.6 Å². The molecule has 27 heavy (non-hydrogen) atoms. The van der Waals surface area contributed by atoms with E-state index in [1.54, 1.807) is 12.1 Å². The van der Waals surface area contributed by atoms with Crippen LogP contribution in [0.4, 0.5) is 0 Å². The van der Waals surface area contributed by atoms with Crippen LogP contribution in [0.2, 0.25) is 0 Å². The summed E-state index contributed by atoms with van der Waals surface area (Å²) < 4.78 is 12.0. The normalized spacial score (nSPS) is 14.8. The van der Waals surface area contributed by atoms with Gasteiger partial charge in [-0.15, -0.1) is 0 Å². The second-order valence-corrected chi connectivity index (χ2v) is 8.67. The third-order valence-electron chi connectivity index (χ3n) is 4.46. The highest BCUT2D eigenvalue weighted by atomic mass is 31.2. The molecular weight excluding hydrogens is 369 g/mol. The van der Waals surface area contributed by atoms with Gasteiger partial charge >= 0.3 is 13.6 Å². The average molecular weight is 391 g/mol. The maximum Gasteiger partial charge on any atom is 0.341 e. The smallest absolute Gasteiger partial charge is 0.341 e. The van der Waals surface area contributed by atoms with Crippen molar-refractivity contribution in [3.8, 4) is 11.1 Å². The number of rotatable bonds is 7. The molecule has 2 aromatic carbocycles. The molecule has 4 N–H and O–H groups in total. The predicted molar refractivity (Wildman–Crippen MR) is 101 cm³/mol. The Kier molecular flexibility index (Phi) is 6.21. The van der Waals surface area contributed by atoms with Gasteiger partial charge in [0.15, 0.2) is 5.16 Å². The molecule has 0 heterocycles. The number of hydrogen-bond acceptors (Lipinski definition) is 3.